The summed E-state index contributed by atoms with van der Waals surface area (Å²) in [6, 6.07) is 2.39. The first-order valence-corrected chi connectivity index (χ1v) is 10.0. The molecule has 0 atom stereocenters. The molecule has 1 aromatic heterocycles. The third-order valence-electron chi connectivity index (χ3n) is 4.65. The summed E-state index contributed by atoms with van der Waals surface area (Å²) in [5.41, 5.74) is -1.59. The van der Waals surface area contributed by atoms with Crippen LogP contribution >= 0.6 is 0 Å². The van der Waals surface area contributed by atoms with Crippen molar-refractivity contribution >= 4 is 9.84 Å². The molecule has 0 aliphatic carbocycles. The molecule has 2 heterocycles. The zero-order valence-electron chi connectivity index (χ0n) is 14.1. The molecule has 3 rings (SSSR count). The first-order valence-electron chi connectivity index (χ1n) is 8.22. The van der Waals surface area contributed by atoms with Crippen LogP contribution in [0.1, 0.15) is 18.4 Å². The highest BCUT2D eigenvalue weighted by Gasteiger charge is 2.31. The van der Waals surface area contributed by atoms with Gasteiger partial charge in [-0.3, -0.25) is 9.36 Å². The molecule has 1 aromatic carbocycles. The zero-order valence-corrected chi connectivity index (χ0v) is 14.9. The molecule has 0 unspecified atom stereocenters. The number of halogens is 3. The molecule has 10 heteroatoms. The molecule has 6 nitrogen and oxygen atoms in total. The lowest BCUT2D eigenvalue weighted by Crippen LogP contribution is -2.30. The van der Waals surface area contributed by atoms with Crippen molar-refractivity contribution < 1.29 is 26.7 Å². The van der Waals surface area contributed by atoms with Gasteiger partial charge in [-0.05, 0) is 37.0 Å². The predicted octanol–water partition coefficient (Wildman–Crippen LogP) is 2.46. The van der Waals surface area contributed by atoms with E-state index in [1.165, 1.54) is 17.1 Å². The van der Waals surface area contributed by atoms with Crippen LogP contribution in [0.5, 0.6) is 5.75 Å². The fraction of sp³-hybridized carbons (Fsp3) is 0.412. The van der Waals surface area contributed by atoms with Crippen molar-refractivity contribution in [2.24, 2.45) is 5.92 Å². The Hall–Kier alpha value is -2.36. The summed E-state index contributed by atoms with van der Waals surface area (Å²) >= 11 is 0. The largest absolute Gasteiger partial charge is 0.507 e. The van der Waals surface area contributed by atoms with E-state index in [0.29, 0.717) is 18.9 Å². The molecule has 0 amide bonds. The minimum Gasteiger partial charge on any atom is -0.507 e. The lowest BCUT2D eigenvalue weighted by atomic mass is 10.0. The van der Waals surface area contributed by atoms with E-state index in [4.69, 9.17) is 0 Å². The summed E-state index contributed by atoms with van der Waals surface area (Å²) in [4.78, 5) is 16.6. The third-order valence-corrected chi connectivity index (χ3v) is 6.36. The van der Waals surface area contributed by atoms with Crippen molar-refractivity contribution in [3.8, 4) is 16.9 Å². The molecule has 0 radical (unpaired) electrons. The van der Waals surface area contributed by atoms with Gasteiger partial charge < -0.3 is 5.11 Å². The van der Waals surface area contributed by atoms with E-state index in [9.17, 15) is 31.5 Å². The Morgan fingerprint density at radius 3 is 2.44 bits per heavy atom. The number of alkyl halides is 3. The second-order valence-corrected chi connectivity index (χ2v) is 8.89. The molecule has 0 spiro atoms. The minimum atomic E-state index is -4.60. The van der Waals surface area contributed by atoms with Crippen LogP contribution in [0.3, 0.4) is 0 Å². The van der Waals surface area contributed by atoms with Crippen molar-refractivity contribution in [2.75, 3.05) is 11.5 Å². The van der Waals surface area contributed by atoms with Crippen molar-refractivity contribution in [3.05, 3.63) is 46.6 Å². The molecular weight excluding hydrogens is 385 g/mol. The monoisotopic (exact) mass is 402 g/mol. The number of hydrogen-bond donors (Lipinski definition) is 1. The van der Waals surface area contributed by atoms with Crippen LogP contribution in [0.15, 0.2) is 35.5 Å². The third kappa shape index (κ3) is 4.32. The second kappa shape index (κ2) is 6.99. The Kier molecular flexibility index (Phi) is 5.02. The average Bonchev–Trinajstić information content (AvgIpc) is 2.58. The van der Waals surface area contributed by atoms with Gasteiger partial charge in [0.05, 0.1) is 29.0 Å². The Morgan fingerprint density at radius 1 is 1.19 bits per heavy atom. The number of sulfone groups is 1. The number of benzene rings is 1. The van der Waals surface area contributed by atoms with Crippen LogP contribution in [0.2, 0.25) is 0 Å². The maximum absolute atomic E-state index is 12.7. The van der Waals surface area contributed by atoms with Crippen molar-refractivity contribution in [3.63, 3.8) is 0 Å². The summed E-state index contributed by atoms with van der Waals surface area (Å²) in [5, 5.41) is 9.96. The van der Waals surface area contributed by atoms with Gasteiger partial charge in [0.25, 0.3) is 5.56 Å². The van der Waals surface area contributed by atoms with Gasteiger partial charge in [0, 0.05) is 18.3 Å². The summed E-state index contributed by atoms with van der Waals surface area (Å²) in [7, 11) is -3.02. The van der Waals surface area contributed by atoms with Crippen molar-refractivity contribution in [2.45, 2.75) is 25.6 Å². The van der Waals surface area contributed by atoms with Crippen LogP contribution in [-0.2, 0) is 22.6 Å². The highest BCUT2D eigenvalue weighted by atomic mass is 32.2. The van der Waals surface area contributed by atoms with Gasteiger partial charge in [-0.25, -0.2) is 13.4 Å². The molecule has 146 valence electrons. The molecule has 1 saturated heterocycles. The molecule has 0 bridgehead atoms. The zero-order chi connectivity index (χ0) is 19.8. The number of rotatable bonds is 3. The van der Waals surface area contributed by atoms with Gasteiger partial charge in [-0.1, -0.05) is 0 Å². The van der Waals surface area contributed by atoms with E-state index >= 15 is 0 Å². The number of aromatic nitrogens is 2. The number of aromatic hydroxyl groups is 1. The van der Waals surface area contributed by atoms with Crippen LogP contribution < -0.4 is 5.56 Å². The maximum Gasteiger partial charge on any atom is 0.416 e. The Labute approximate surface area is 153 Å². The van der Waals surface area contributed by atoms with Gasteiger partial charge >= 0.3 is 6.18 Å². The second-order valence-electron chi connectivity index (χ2n) is 6.59. The number of phenolic OH excluding ortho intramolecular Hbond substituents is 1. The van der Waals surface area contributed by atoms with E-state index in [0.717, 1.165) is 12.1 Å². The first kappa shape index (κ1) is 19.4. The highest BCUT2D eigenvalue weighted by Crippen LogP contribution is 2.35. The van der Waals surface area contributed by atoms with Crippen molar-refractivity contribution in [1.82, 2.24) is 9.55 Å². The number of hydrogen-bond acceptors (Lipinski definition) is 5. The molecule has 2 aromatic rings. The van der Waals surface area contributed by atoms with Gasteiger partial charge in [0.1, 0.15) is 15.6 Å². The van der Waals surface area contributed by atoms with E-state index in [1.807, 2.05) is 0 Å². The fourth-order valence-corrected chi connectivity index (χ4v) is 4.69. The SMILES string of the molecule is O=c1c(-c2ccc(C(F)(F)F)cc2O)cncn1CC1CCS(=O)(=O)CC1. The van der Waals surface area contributed by atoms with Crippen LogP contribution in [0.4, 0.5) is 13.2 Å². The average molecular weight is 402 g/mol. The summed E-state index contributed by atoms with van der Waals surface area (Å²) in [5.74, 6) is -0.534. The standard InChI is InChI=1S/C17H17F3N2O4S/c18-17(19,20)12-1-2-13(15(23)7-12)14-8-21-10-22(16(14)24)9-11-3-5-27(25,26)6-4-11/h1-2,7-8,10-11,23H,3-6,9H2. The van der Waals surface area contributed by atoms with Gasteiger partial charge in [-0.15, -0.1) is 0 Å². The summed E-state index contributed by atoms with van der Waals surface area (Å²) in [6.07, 6.45) is -1.25. The van der Waals surface area contributed by atoms with Crippen LogP contribution in [-0.4, -0.2) is 34.6 Å². The summed E-state index contributed by atoms with van der Waals surface area (Å²) < 4.78 is 62.5. The Balaban J connectivity index is 1.89. The minimum absolute atomic E-state index is 0.00974. The molecule has 0 saturated carbocycles. The van der Waals surface area contributed by atoms with Crippen molar-refractivity contribution in [1.29, 1.82) is 0 Å². The van der Waals surface area contributed by atoms with E-state index in [1.54, 1.807) is 0 Å². The molecule has 1 aliphatic heterocycles. The van der Waals surface area contributed by atoms with Gasteiger partial charge in [-0.2, -0.15) is 13.2 Å². The number of phenols is 1. The molecule has 1 aliphatic rings. The molecular formula is C17H17F3N2O4S. The molecule has 27 heavy (non-hydrogen) atoms. The van der Waals surface area contributed by atoms with E-state index in [-0.39, 0.29) is 35.1 Å². The smallest absolute Gasteiger partial charge is 0.416 e. The van der Waals surface area contributed by atoms with Crippen LogP contribution in [0.25, 0.3) is 11.1 Å². The normalized spacial score (nSPS) is 17.7. The van der Waals surface area contributed by atoms with E-state index < -0.39 is 32.9 Å². The number of nitrogens with zero attached hydrogens (tertiary/aromatic N) is 2. The molecule has 1 N–H and O–H groups in total. The maximum atomic E-state index is 12.7. The van der Waals surface area contributed by atoms with Gasteiger partial charge in [0.2, 0.25) is 0 Å². The lowest BCUT2D eigenvalue weighted by molar-refractivity contribution is -0.137. The van der Waals surface area contributed by atoms with Gasteiger partial charge in [0.15, 0.2) is 0 Å². The summed E-state index contributed by atoms with van der Waals surface area (Å²) in [6.45, 7) is 0.261. The predicted molar refractivity (Wildman–Crippen MR) is 92.0 cm³/mol. The topological polar surface area (TPSA) is 89.3 Å². The van der Waals surface area contributed by atoms with E-state index in [2.05, 4.69) is 4.98 Å². The Bertz CT molecular complexity index is 1000. The van der Waals surface area contributed by atoms with Crippen LogP contribution in [0, 0.1) is 5.92 Å². The Morgan fingerprint density at radius 2 is 1.85 bits per heavy atom. The lowest BCUT2D eigenvalue weighted by Gasteiger charge is -2.22. The fourth-order valence-electron chi connectivity index (χ4n) is 3.10. The quantitative estimate of drug-likeness (QED) is 0.852. The molecule has 1 fully saturated rings. The highest BCUT2D eigenvalue weighted by molar-refractivity contribution is 7.91. The first-order chi connectivity index (χ1) is 12.6.